The predicted molar refractivity (Wildman–Crippen MR) is 77.2 cm³/mol. The number of nitrogens with one attached hydrogen (secondary N) is 2. The van der Waals surface area contributed by atoms with E-state index in [1.165, 1.54) is 24.5 Å². The molecule has 1 aliphatic carbocycles. The lowest BCUT2D eigenvalue weighted by Crippen LogP contribution is -2.26. The molecule has 5 nitrogen and oxygen atoms in total. The maximum Gasteiger partial charge on any atom is 0.416 e. The van der Waals surface area contributed by atoms with E-state index in [0.29, 0.717) is 11.5 Å². The highest BCUT2D eigenvalue weighted by Crippen LogP contribution is 2.30. The Balaban J connectivity index is 1.71. The van der Waals surface area contributed by atoms with Crippen molar-refractivity contribution in [1.82, 2.24) is 15.3 Å². The molecule has 3 rings (SSSR count). The number of benzene rings is 1. The van der Waals surface area contributed by atoms with Crippen molar-refractivity contribution >= 4 is 17.4 Å². The summed E-state index contributed by atoms with van der Waals surface area (Å²) in [7, 11) is 0. The minimum Gasteiger partial charge on any atom is -0.348 e. The van der Waals surface area contributed by atoms with Crippen LogP contribution >= 0.6 is 0 Å². The first-order valence-electron chi connectivity index (χ1n) is 6.99. The second-order valence-corrected chi connectivity index (χ2v) is 5.24. The number of carbonyl (C=O) groups is 1. The van der Waals surface area contributed by atoms with Gasteiger partial charge in [-0.3, -0.25) is 4.79 Å². The van der Waals surface area contributed by atoms with Crippen molar-refractivity contribution in [3.63, 3.8) is 0 Å². The van der Waals surface area contributed by atoms with Gasteiger partial charge in [0.15, 0.2) is 0 Å². The lowest BCUT2D eigenvalue weighted by Gasteiger charge is -2.09. The van der Waals surface area contributed by atoms with Crippen molar-refractivity contribution in [3.8, 4) is 0 Å². The number of nitrogens with zero attached hydrogens (tertiary/aromatic N) is 2. The molecule has 0 bridgehead atoms. The van der Waals surface area contributed by atoms with E-state index in [2.05, 4.69) is 20.6 Å². The SMILES string of the molecule is O=C(NC1CC1)c1cc(Nc2ccc(C(F)(F)F)cc2)ncn1. The fourth-order valence-corrected chi connectivity index (χ4v) is 1.93. The van der Waals surface area contributed by atoms with Gasteiger partial charge >= 0.3 is 6.18 Å². The Labute approximate surface area is 130 Å². The van der Waals surface area contributed by atoms with Gasteiger partial charge in [0.2, 0.25) is 0 Å². The number of hydrogen-bond acceptors (Lipinski definition) is 4. The average molecular weight is 322 g/mol. The molecule has 120 valence electrons. The average Bonchev–Trinajstić information content (AvgIpc) is 3.31. The molecule has 0 spiro atoms. The van der Waals surface area contributed by atoms with Crippen molar-refractivity contribution in [2.24, 2.45) is 0 Å². The molecule has 0 aliphatic heterocycles. The van der Waals surface area contributed by atoms with Gasteiger partial charge in [0.25, 0.3) is 5.91 Å². The number of carbonyl (C=O) groups excluding carboxylic acids is 1. The molecule has 1 amide bonds. The molecule has 0 radical (unpaired) electrons. The molecular weight excluding hydrogens is 309 g/mol. The van der Waals surface area contributed by atoms with Crippen LogP contribution in [0.3, 0.4) is 0 Å². The van der Waals surface area contributed by atoms with Gasteiger partial charge in [-0.1, -0.05) is 0 Å². The molecule has 1 fully saturated rings. The Morgan fingerprint density at radius 2 is 1.83 bits per heavy atom. The van der Waals surface area contributed by atoms with Gasteiger partial charge in [-0.05, 0) is 37.1 Å². The summed E-state index contributed by atoms with van der Waals surface area (Å²) in [6.07, 6.45) is -1.21. The second-order valence-electron chi connectivity index (χ2n) is 5.24. The Kier molecular flexibility index (Phi) is 3.89. The van der Waals surface area contributed by atoms with E-state index in [9.17, 15) is 18.0 Å². The van der Waals surface area contributed by atoms with E-state index >= 15 is 0 Å². The smallest absolute Gasteiger partial charge is 0.348 e. The molecule has 0 atom stereocenters. The first-order chi connectivity index (χ1) is 10.9. The van der Waals surface area contributed by atoms with E-state index in [1.807, 2.05) is 0 Å². The first kappa shape index (κ1) is 15.3. The number of amides is 1. The zero-order chi connectivity index (χ0) is 16.4. The van der Waals surface area contributed by atoms with Crippen LogP contribution in [0.2, 0.25) is 0 Å². The van der Waals surface area contributed by atoms with Gasteiger partial charge in [-0.15, -0.1) is 0 Å². The summed E-state index contributed by atoms with van der Waals surface area (Å²) in [6.45, 7) is 0. The lowest BCUT2D eigenvalue weighted by atomic mass is 10.2. The maximum absolute atomic E-state index is 12.5. The third kappa shape index (κ3) is 3.97. The standard InChI is InChI=1S/C15H13F3N4O/c16-15(17,18)9-1-3-10(4-2-9)21-13-7-12(19-8-20-13)14(23)22-11-5-6-11/h1-4,7-8,11H,5-6H2,(H,22,23)(H,19,20,21). The van der Waals surface area contributed by atoms with Crippen LogP contribution in [0.1, 0.15) is 28.9 Å². The normalized spacial score (nSPS) is 14.4. The number of anilines is 2. The number of aromatic nitrogens is 2. The van der Waals surface area contributed by atoms with Crippen LogP contribution in [0.4, 0.5) is 24.7 Å². The number of rotatable bonds is 4. The van der Waals surface area contributed by atoms with Gasteiger partial charge < -0.3 is 10.6 Å². The summed E-state index contributed by atoms with van der Waals surface area (Å²) in [6, 6.07) is 6.22. The van der Waals surface area contributed by atoms with E-state index in [0.717, 1.165) is 25.0 Å². The summed E-state index contributed by atoms with van der Waals surface area (Å²) in [5, 5.41) is 5.65. The Morgan fingerprint density at radius 3 is 2.43 bits per heavy atom. The van der Waals surface area contributed by atoms with Crippen LogP contribution in [-0.4, -0.2) is 21.9 Å². The quantitative estimate of drug-likeness (QED) is 0.907. The van der Waals surface area contributed by atoms with Crippen LogP contribution in [-0.2, 0) is 6.18 Å². The summed E-state index contributed by atoms with van der Waals surface area (Å²) >= 11 is 0. The molecule has 0 unspecified atom stereocenters. The van der Waals surface area contributed by atoms with Gasteiger partial charge in [-0.2, -0.15) is 13.2 Å². The van der Waals surface area contributed by atoms with Gasteiger partial charge in [0.1, 0.15) is 17.8 Å². The van der Waals surface area contributed by atoms with Crippen LogP contribution in [0, 0.1) is 0 Å². The third-order valence-electron chi connectivity index (χ3n) is 3.30. The summed E-state index contributed by atoms with van der Waals surface area (Å²) in [4.78, 5) is 19.8. The Bertz CT molecular complexity index is 711. The topological polar surface area (TPSA) is 66.9 Å². The fourth-order valence-electron chi connectivity index (χ4n) is 1.93. The molecule has 23 heavy (non-hydrogen) atoms. The summed E-state index contributed by atoms with van der Waals surface area (Å²) < 4.78 is 37.5. The predicted octanol–water partition coefficient (Wildman–Crippen LogP) is 3.13. The molecule has 1 aromatic carbocycles. The minimum atomic E-state index is -4.37. The molecule has 8 heteroatoms. The highest BCUT2D eigenvalue weighted by molar-refractivity contribution is 5.93. The van der Waals surface area contributed by atoms with Crippen molar-refractivity contribution in [3.05, 3.63) is 47.9 Å². The maximum atomic E-state index is 12.5. The molecule has 1 aromatic heterocycles. The fraction of sp³-hybridized carbons (Fsp3) is 0.267. The summed E-state index contributed by atoms with van der Waals surface area (Å²) in [5.41, 5.74) is -0.0817. The third-order valence-corrected chi connectivity index (χ3v) is 3.30. The van der Waals surface area contributed by atoms with Gasteiger partial charge in [0.05, 0.1) is 5.56 Å². The lowest BCUT2D eigenvalue weighted by molar-refractivity contribution is -0.137. The Morgan fingerprint density at radius 1 is 1.13 bits per heavy atom. The highest BCUT2D eigenvalue weighted by Gasteiger charge is 2.30. The zero-order valence-electron chi connectivity index (χ0n) is 11.9. The van der Waals surface area contributed by atoms with E-state index in [-0.39, 0.29) is 17.6 Å². The largest absolute Gasteiger partial charge is 0.416 e. The van der Waals surface area contributed by atoms with Crippen LogP contribution in [0.15, 0.2) is 36.7 Å². The molecule has 1 heterocycles. The van der Waals surface area contributed by atoms with Crippen LogP contribution < -0.4 is 10.6 Å². The molecule has 1 saturated carbocycles. The van der Waals surface area contributed by atoms with E-state index in [4.69, 9.17) is 0 Å². The highest BCUT2D eigenvalue weighted by atomic mass is 19.4. The monoisotopic (exact) mass is 322 g/mol. The minimum absolute atomic E-state index is 0.210. The number of halogens is 3. The number of alkyl halides is 3. The molecule has 1 aliphatic rings. The first-order valence-corrected chi connectivity index (χ1v) is 6.99. The van der Waals surface area contributed by atoms with Crippen molar-refractivity contribution in [1.29, 1.82) is 0 Å². The van der Waals surface area contributed by atoms with Crippen molar-refractivity contribution in [2.45, 2.75) is 25.1 Å². The van der Waals surface area contributed by atoms with Crippen molar-refractivity contribution < 1.29 is 18.0 Å². The molecule has 0 saturated heterocycles. The van der Waals surface area contributed by atoms with Crippen molar-refractivity contribution in [2.75, 3.05) is 5.32 Å². The molecular formula is C15H13F3N4O. The molecule has 2 aromatic rings. The zero-order valence-corrected chi connectivity index (χ0v) is 11.9. The summed E-state index contributed by atoms with van der Waals surface area (Å²) in [5.74, 6) is 0.0473. The second kappa shape index (κ2) is 5.86. The Hall–Kier alpha value is -2.64. The van der Waals surface area contributed by atoms with E-state index in [1.54, 1.807) is 0 Å². The van der Waals surface area contributed by atoms with Crippen LogP contribution in [0.5, 0.6) is 0 Å². The van der Waals surface area contributed by atoms with E-state index < -0.39 is 11.7 Å². The molecule has 2 N–H and O–H groups in total. The van der Waals surface area contributed by atoms with Gasteiger partial charge in [-0.25, -0.2) is 9.97 Å². The van der Waals surface area contributed by atoms with Crippen LogP contribution in [0.25, 0.3) is 0 Å². The van der Waals surface area contributed by atoms with Gasteiger partial charge in [0, 0.05) is 17.8 Å². The number of hydrogen-bond donors (Lipinski definition) is 2.